The first-order chi connectivity index (χ1) is 11.3. The quantitative estimate of drug-likeness (QED) is 0.919. The number of fused-ring (bicyclic) bond motifs is 1. The highest BCUT2D eigenvalue weighted by molar-refractivity contribution is 5.91. The summed E-state index contributed by atoms with van der Waals surface area (Å²) in [5.41, 5.74) is 1.98. The number of rotatable bonds is 2. The number of carbonyl (C=O) groups is 1. The highest BCUT2D eigenvalue weighted by Crippen LogP contribution is 2.38. The molecule has 2 aromatic rings. The molecule has 2 unspecified atom stereocenters. The molecule has 1 aliphatic carbocycles. The molecule has 0 bridgehead atoms. The molecule has 1 amide bonds. The highest BCUT2D eigenvalue weighted by Gasteiger charge is 2.35. The second kappa shape index (κ2) is 6.15. The molecule has 0 aliphatic heterocycles. The predicted octanol–water partition coefficient (Wildman–Crippen LogP) is 3.08. The minimum Gasteiger partial charge on any atom is -0.346 e. The molecular weight excluding hydrogens is 302 g/mol. The second-order valence-electron chi connectivity index (χ2n) is 8.02. The smallest absolute Gasteiger partial charge is 0.291 e. The van der Waals surface area contributed by atoms with Gasteiger partial charge in [-0.15, -0.1) is 5.10 Å². The zero-order valence-electron chi connectivity index (χ0n) is 15.3. The van der Waals surface area contributed by atoms with E-state index in [4.69, 9.17) is 0 Å². The van der Waals surface area contributed by atoms with Crippen molar-refractivity contribution in [3.63, 3.8) is 0 Å². The lowest BCUT2D eigenvalue weighted by Gasteiger charge is -2.40. The number of amides is 1. The molecule has 1 fully saturated rings. The van der Waals surface area contributed by atoms with Crippen LogP contribution in [0.2, 0.25) is 0 Å². The minimum absolute atomic E-state index is 0.181. The van der Waals surface area contributed by atoms with E-state index in [2.05, 4.69) is 41.2 Å². The average Bonchev–Trinajstić information content (AvgIpc) is 2.91. The minimum atomic E-state index is -0.196. The Morgan fingerprint density at radius 2 is 1.92 bits per heavy atom. The molecule has 1 saturated carbocycles. The van der Waals surface area contributed by atoms with Gasteiger partial charge in [-0.1, -0.05) is 33.6 Å². The molecule has 1 N–H and O–H groups in total. The maximum Gasteiger partial charge on any atom is 0.291 e. The number of aryl methyl sites for hydroxylation is 2. The Bertz CT molecular complexity index is 759. The number of nitrogens with one attached hydrogen (secondary N) is 1. The topological polar surface area (TPSA) is 72.2 Å². The van der Waals surface area contributed by atoms with Gasteiger partial charge >= 0.3 is 0 Å². The van der Waals surface area contributed by atoms with E-state index in [0.29, 0.717) is 11.7 Å². The van der Waals surface area contributed by atoms with E-state index < -0.39 is 0 Å². The molecular formula is C18H27N5O. The van der Waals surface area contributed by atoms with Crippen LogP contribution in [0.3, 0.4) is 0 Å². The van der Waals surface area contributed by atoms with Gasteiger partial charge < -0.3 is 5.32 Å². The van der Waals surface area contributed by atoms with Gasteiger partial charge in [0.05, 0.1) is 0 Å². The van der Waals surface area contributed by atoms with E-state index in [1.807, 2.05) is 19.9 Å². The SMILES string of the molecule is Cc1cc(C)n2nc(C(=O)NC3CCCCC3C(C)(C)C)nc2n1. The number of hydrogen-bond acceptors (Lipinski definition) is 4. The molecule has 0 spiro atoms. The fraction of sp³-hybridized carbons (Fsp3) is 0.667. The van der Waals surface area contributed by atoms with Crippen LogP contribution in [0.4, 0.5) is 0 Å². The highest BCUT2D eigenvalue weighted by atomic mass is 16.2. The molecule has 6 nitrogen and oxygen atoms in total. The Hall–Kier alpha value is -1.98. The molecule has 1 aliphatic rings. The average molecular weight is 329 g/mol. The normalized spacial score (nSPS) is 21.9. The van der Waals surface area contributed by atoms with E-state index in [9.17, 15) is 4.79 Å². The summed E-state index contributed by atoms with van der Waals surface area (Å²) in [6, 6.07) is 2.12. The number of hydrogen-bond donors (Lipinski definition) is 1. The fourth-order valence-electron chi connectivity index (χ4n) is 3.84. The Kier molecular flexibility index (Phi) is 4.32. The molecule has 3 rings (SSSR count). The summed E-state index contributed by atoms with van der Waals surface area (Å²) in [6.07, 6.45) is 4.59. The third kappa shape index (κ3) is 3.28. The Morgan fingerprint density at radius 3 is 2.62 bits per heavy atom. The maximum atomic E-state index is 12.7. The summed E-state index contributed by atoms with van der Waals surface area (Å²) in [7, 11) is 0. The summed E-state index contributed by atoms with van der Waals surface area (Å²) >= 11 is 0. The number of aromatic nitrogens is 4. The molecule has 0 radical (unpaired) electrons. The van der Waals surface area contributed by atoms with Gasteiger partial charge in [0.1, 0.15) is 0 Å². The van der Waals surface area contributed by atoms with Crippen LogP contribution in [0.15, 0.2) is 6.07 Å². The van der Waals surface area contributed by atoms with Crippen LogP contribution in [-0.4, -0.2) is 31.5 Å². The van der Waals surface area contributed by atoms with Gasteiger partial charge in [0.25, 0.3) is 11.7 Å². The van der Waals surface area contributed by atoms with Gasteiger partial charge in [-0.2, -0.15) is 4.98 Å². The van der Waals surface area contributed by atoms with E-state index in [1.54, 1.807) is 4.52 Å². The van der Waals surface area contributed by atoms with Crippen molar-refractivity contribution in [2.75, 3.05) is 0 Å². The van der Waals surface area contributed by atoms with Crippen molar-refractivity contribution in [1.82, 2.24) is 24.9 Å². The first kappa shape index (κ1) is 16.9. The van der Waals surface area contributed by atoms with Crippen molar-refractivity contribution in [3.8, 4) is 0 Å². The Labute approximate surface area is 143 Å². The Morgan fingerprint density at radius 1 is 1.21 bits per heavy atom. The molecule has 6 heteroatoms. The molecule has 130 valence electrons. The van der Waals surface area contributed by atoms with Crippen molar-refractivity contribution in [2.24, 2.45) is 11.3 Å². The molecule has 0 aromatic carbocycles. The number of nitrogens with zero attached hydrogens (tertiary/aromatic N) is 4. The molecule has 0 saturated heterocycles. The van der Waals surface area contributed by atoms with Crippen LogP contribution in [0.5, 0.6) is 0 Å². The zero-order valence-corrected chi connectivity index (χ0v) is 15.3. The lowest BCUT2D eigenvalue weighted by atomic mass is 9.69. The lowest BCUT2D eigenvalue weighted by Crippen LogP contribution is -2.46. The van der Waals surface area contributed by atoms with Gasteiger partial charge in [0.15, 0.2) is 0 Å². The van der Waals surface area contributed by atoms with Gasteiger partial charge in [-0.3, -0.25) is 4.79 Å². The van der Waals surface area contributed by atoms with E-state index in [1.165, 1.54) is 6.42 Å². The maximum absolute atomic E-state index is 12.7. The van der Waals surface area contributed by atoms with Crippen LogP contribution >= 0.6 is 0 Å². The van der Waals surface area contributed by atoms with Crippen molar-refractivity contribution in [1.29, 1.82) is 0 Å². The van der Waals surface area contributed by atoms with Gasteiger partial charge in [-0.05, 0) is 44.1 Å². The lowest BCUT2D eigenvalue weighted by molar-refractivity contribution is 0.0820. The molecule has 24 heavy (non-hydrogen) atoms. The first-order valence-electron chi connectivity index (χ1n) is 8.77. The first-order valence-corrected chi connectivity index (χ1v) is 8.77. The largest absolute Gasteiger partial charge is 0.346 e. The molecule has 2 aromatic heterocycles. The van der Waals surface area contributed by atoms with E-state index >= 15 is 0 Å². The van der Waals surface area contributed by atoms with Crippen molar-refractivity contribution in [3.05, 3.63) is 23.3 Å². The fourth-order valence-corrected chi connectivity index (χ4v) is 3.84. The van der Waals surface area contributed by atoms with Crippen LogP contribution in [-0.2, 0) is 0 Å². The van der Waals surface area contributed by atoms with Crippen LogP contribution < -0.4 is 5.32 Å². The van der Waals surface area contributed by atoms with E-state index in [-0.39, 0.29) is 23.2 Å². The Balaban J connectivity index is 1.82. The summed E-state index contributed by atoms with van der Waals surface area (Å²) in [4.78, 5) is 21.3. The van der Waals surface area contributed by atoms with Crippen LogP contribution in [0.25, 0.3) is 5.78 Å². The summed E-state index contributed by atoms with van der Waals surface area (Å²) in [6.45, 7) is 10.6. The van der Waals surface area contributed by atoms with Gasteiger partial charge in [-0.25, -0.2) is 9.50 Å². The van der Waals surface area contributed by atoms with Crippen LogP contribution in [0.1, 0.15) is 68.5 Å². The van der Waals surface area contributed by atoms with Crippen LogP contribution in [0, 0.1) is 25.2 Å². The van der Waals surface area contributed by atoms with Crippen molar-refractivity contribution in [2.45, 2.75) is 66.3 Å². The third-order valence-corrected chi connectivity index (χ3v) is 5.02. The van der Waals surface area contributed by atoms with Crippen molar-refractivity contribution >= 4 is 11.7 Å². The summed E-state index contributed by atoms with van der Waals surface area (Å²) in [5.74, 6) is 0.969. The monoisotopic (exact) mass is 329 g/mol. The predicted molar refractivity (Wildman–Crippen MR) is 92.9 cm³/mol. The summed E-state index contributed by atoms with van der Waals surface area (Å²) in [5, 5.41) is 7.52. The van der Waals surface area contributed by atoms with Gasteiger partial charge in [0.2, 0.25) is 5.82 Å². The molecule has 2 atom stereocenters. The molecule has 2 heterocycles. The van der Waals surface area contributed by atoms with E-state index in [0.717, 1.165) is 30.7 Å². The third-order valence-electron chi connectivity index (χ3n) is 5.02. The summed E-state index contributed by atoms with van der Waals surface area (Å²) < 4.78 is 1.63. The zero-order chi connectivity index (χ0) is 17.5. The van der Waals surface area contributed by atoms with Gasteiger partial charge in [0, 0.05) is 17.4 Å². The second-order valence-corrected chi connectivity index (χ2v) is 8.02. The standard InChI is InChI=1S/C18H27N5O/c1-11-10-12(2)23-17(19-11)21-15(22-23)16(24)20-14-9-7-6-8-13(14)18(3,4)5/h10,13-14H,6-9H2,1-5H3,(H,20,24). The number of carbonyl (C=O) groups excluding carboxylic acids is 1. The van der Waals surface area contributed by atoms with Crippen molar-refractivity contribution < 1.29 is 4.79 Å².